The van der Waals surface area contributed by atoms with Crippen LogP contribution in [-0.4, -0.2) is 22.9 Å². The number of rotatable bonds is 5. The zero-order valence-corrected chi connectivity index (χ0v) is 11.3. The zero-order chi connectivity index (χ0) is 14.6. The Labute approximate surface area is 112 Å². The highest BCUT2D eigenvalue weighted by Crippen LogP contribution is 2.21. The molecule has 19 heavy (non-hydrogen) atoms. The summed E-state index contributed by atoms with van der Waals surface area (Å²) in [6.45, 7) is 5.42. The number of nitrogens with one attached hydrogen (secondary N) is 1. The highest BCUT2D eigenvalue weighted by atomic mass is 16.8. The molecule has 6 nitrogen and oxygen atoms in total. The number of quaternary nitrogens is 1. The predicted octanol–water partition coefficient (Wildman–Crippen LogP) is 0.409. The molecule has 4 N–H and O–H groups in total. The molecule has 1 aromatic rings. The summed E-state index contributed by atoms with van der Waals surface area (Å²) in [6, 6.07) is 6.24. The minimum Gasteiger partial charge on any atom is -0.595 e. The van der Waals surface area contributed by atoms with Crippen LogP contribution < -0.4 is 11.0 Å². The van der Waals surface area contributed by atoms with Crippen LogP contribution in [-0.2, 0) is 4.79 Å². The standard InChI is InChI=1S/C13H19N3O3/c1-9(2)13(3,12(14)17)15-8-10-4-6-11(7-5-10)16(18)19/h4-9,16,18H,1-3H3,(H2,14,17). The topological polar surface area (TPSA) is 103 Å². The summed E-state index contributed by atoms with van der Waals surface area (Å²) < 4.78 is 0. The van der Waals surface area contributed by atoms with Crippen molar-refractivity contribution in [2.24, 2.45) is 16.6 Å². The van der Waals surface area contributed by atoms with Gasteiger partial charge in [-0.1, -0.05) is 13.8 Å². The summed E-state index contributed by atoms with van der Waals surface area (Å²) in [5, 5.41) is 18.5. The fraction of sp³-hybridized carbons (Fsp3) is 0.385. The van der Waals surface area contributed by atoms with Crippen molar-refractivity contribution in [1.29, 1.82) is 0 Å². The quantitative estimate of drug-likeness (QED) is 0.530. The van der Waals surface area contributed by atoms with E-state index in [-0.39, 0.29) is 11.6 Å². The lowest BCUT2D eigenvalue weighted by Crippen LogP contribution is -2.99. The van der Waals surface area contributed by atoms with E-state index in [1.165, 1.54) is 18.3 Å². The lowest BCUT2D eigenvalue weighted by Gasteiger charge is -2.25. The van der Waals surface area contributed by atoms with Gasteiger partial charge in [0.25, 0.3) is 0 Å². The van der Waals surface area contributed by atoms with Gasteiger partial charge in [0.15, 0.2) is 5.69 Å². The average molecular weight is 265 g/mol. The van der Waals surface area contributed by atoms with Gasteiger partial charge in [-0.3, -0.25) is 9.79 Å². The molecule has 0 radical (unpaired) electrons. The Morgan fingerprint density at radius 3 is 2.37 bits per heavy atom. The molecule has 0 bridgehead atoms. The van der Waals surface area contributed by atoms with Crippen molar-refractivity contribution in [3.8, 4) is 0 Å². The molecule has 6 heteroatoms. The number of hydrogen-bond acceptors (Lipinski definition) is 4. The monoisotopic (exact) mass is 265 g/mol. The summed E-state index contributed by atoms with van der Waals surface area (Å²) in [4.78, 5) is 15.7. The van der Waals surface area contributed by atoms with Gasteiger partial charge >= 0.3 is 0 Å². The van der Waals surface area contributed by atoms with Crippen LogP contribution >= 0.6 is 0 Å². The van der Waals surface area contributed by atoms with Crippen LogP contribution in [0.25, 0.3) is 0 Å². The van der Waals surface area contributed by atoms with Crippen molar-refractivity contribution in [3.05, 3.63) is 35.0 Å². The number of carbonyl (C=O) groups is 1. The number of benzene rings is 1. The predicted molar refractivity (Wildman–Crippen MR) is 72.2 cm³/mol. The normalized spacial score (nSPS) is 16.5. The van der Waals surface area contributed by atoms with Crippen molar-refractivity contribution in [3.63, 3.8) is 0 Å². The minimum absolute atomic E-state index is 0.0282. The van der Waals surface area contributed by atoms with Gasteiger partial charge in [-0.25, -0.2) is 5.21 Å². The maximum Gasteiger partial charge on any atom is 0.245 e. The first-order chi connectivity index (χ1) is 8.77. The second-order valence-electron chi connectivity index (χ2n) is 4.85. The first-order valence-electron chi connectivity index (χ1n) is 5.96. The average Bonchev–Trinajstić information content (AvgIpc) is 2.35. The number of hydrogen-bond donors (Lipinski definition) is 3. The number of primary amides is 1. The largest absolute Gasteiger partial charge is 0.595 e. The Morgan fingerprint density at radius 2 is 2.00 bits per heavy atom. The molecule has 1 rings (SSSR count). The molecular formula is C13H19N3O3. The fourth-order valence-electron chi connectivity index (χ4n) is 1.42. The Morgan fingerprint density at radius 1 is 1.47 bits per heavy atom. The molecule has 0 saturated heterocycles. The van der Waals surface area contributed by atoms with Crippen molar-refractivity contribution < 1.29 is 15.2 Å². The summed E-state index contributed by atoms with van der Waals surface area (Å²) in [5.74, 6) is -0.513. The maximum atomic E-state index is 11.5. The van der Waals surface area contributed by atoms with Gasteiger partial charge in [0, 0.05) is 18.3 Å². The van der Waals surface area contributed by atoms with E-state index in [1.807, 2.05) is 13.8 Å². The van der Waals surface area contributed by atoms with Gasteiger partial charge < -0.3 is 10.9 Å². The molecule has 2 unspecified atom stereocenters. The second kappa shape index (κ2) is 5.92. The summed E-state index contributed by atoms with van der Waals surface area (Å²) >= 11 is 0. The van der Waals surface area contributed by atoms with E-state index in [1.54, 1.807) is 19.1 Å². The molecule has 1 aromatic carbocycles. The number of amides is 1. The van der Waals surface area contributed by atoms with E-state index in [9.17, 15) is 10.0 Å². The maximum absolute atomic E-state index is 11.5. The first kappa shape index (κ1) is 15.3. The SMILES string of the molecule is CC(C)C(C)(N=Cc1ccc([NH+]([O-])O)cc1)C(N)=O. The lowest BCUT2D eigenvalue weighted by atomic mass is 9.88. The van der Waals surface area contributed by atoms with Crippen molar-refractivity contribution in [2.75, 3.05) is 0 Å². The Bertz CT molecular complexity index is 469. The molecule has 0 fully saturated rings. The third-order valence-corrected chi connectivity index (χ3v) is 3.26. The van der Waals surface area contributed by atoms with Crippen LogP contribution in [0, 0.1) is 11.1 Å². The van der Waals surface area contributed by atoms with Gasteiger partial charge in [-0.05, 0) is 30.5 Å². The summed E-state index contributed by atoms with van der Waals surface area (Å²) in [6.07, 6.45) is 1.54. The molecule has 0 aliphatic heterocycles. The molecule has 1 amide bonds. The Balaban J connectivity index is 2.94. The third-order valence-electron chi connectivity index (χ3n) is 3.26. The Hall–Kier alpha value is -1.76. The molecule has 0 aliphatic carbocycles. The van der Waals surface area contributed by atoms with E-state index in [4.69, 9.17) is 10.9 Å². The first-order valence-corrected chi connectivity index (χ1v) is 5.96. The second-order valence-corrected chi connectivity index (χ2v) is 4.85. The van der Waals surface area contributed by atoms with Gasteiger partial charge in [0.1, 0.15) is 5.54 Å². The third kappa shape index (κ3) is 3.60. The van der Waals surface area contributed by atoms with Crippen LogP contribution in [0.1, 0.15) is 26.3 Å². The molecule has 0 aliphatic rings. The van der Waals surface area contributed by atoms with Crippen LogP contribution in [0.2, 0.25) is 0 Å². The van der Waals surface area contributed by atoms with Crippen LogP contribution in [0.15, 0.2) is 29.3 Å². The molecule has 104 valence electrons. The van der Waals surface area contributed by atoms with Crippen molar-refractivity contribution in [1.82, 2.24) is 0 Å². The molecule has 2 atom stereocenters. The molecule has 0 spiro atoms. The van der Waals surface area contributed by atoms with Crippen molar-refractivity contribution >= 4 is 17.8 Å². The van der Waals surface area contributed by atoms with Gasteiger partial charge in [-0.15, -0.1) is 0 Å². The number of carbonyl (C=O) groups excluding carboxylic acids is 1. The van der Waals surface area contributed by atoms with Gasteiger partial charge in [0.2, 0.25) is 5.91 Å². The van der Waals surface area contributed by atoms with Crippen molar-refractivity contribution in [2.45, 2.75) is 26.3 Å². The molecule has 0 heterocycles. The molecule has 0 saturated carbocycles. The van der Waals surface area contributed by atoms with E-state index in [0.717, 1.165) is 5.56 Å². The van der Waals surface area contributed by atoms with E-state index in [2.05, 4.69) is 4.99 Å². The van der Waals surface area contributed by atoms with Crippen LogP contribution in [0.5, 0.6) is 0 Å². The van der Waals surface area contributed by atoms with Crippen LogP contribution in [0.4, 0.5) is 5.69 Å². The van der Waals surface area contributed by atoms with Gasteiger partial charge in [-0.2, -0.15) is 5.23 Å². The smallest absolute Gasteiger partial charge is 0.245 e. The summed E-state index contributed by atoms with van der Waals surface area (Å²) in [7, 11) is 0. The zero-order valence-electron chi connectivity index (χ0n) is 11.3. The van der Waals surface area contributed by atoms with E-state index >= 15 is 0 Å². The van der Waals surface area contributed by atoms with E-state index < -0.39 is 16.7 Å². The number of nitrogens with zero attached hydrogens (tertiary/aromatic N) is 1. The molecular weight excluding hydrogens is 246 g/mol. The number of aliphatic imine (C=N–C) groups is 1. The van der Waals surface area contributed by atoms with E-state index in [0.29, 0.717) is 0 Å². The Kier molecular flexibility index (Phi) is 4.77. The lowest BCUT2D eigenvalue weighted by molar-refractivity contribution is -0.991. The highest BCUT2D eigenvalue weighted by molar-refractivity contribution is 5.89. The highest BCUT2D eigenvalue weighted by Gasteiger charge is 2.33. The fourth-order valence-corrected chi connectivity index (χ4v) is 1.42. The van der Waals surface area contributed by atoms with Gasteiger partial charge in [0.05, 0.1) is 0 Å². The minimum atomic E-state index is -0.979. The molecule has 0 aromatic heterocycles. The number of nitrogens with two attached hydrogens (primary N) is 1. The van der Waals surface area contributed by atoms with Crippen LogP contribution in [0.3, 0.4) is 0 Å². The summed E-state index contributed by atoms with van der Waals surface area (Å²) in [5.41, 5.74) is 5.33.